The molecular weight excluding hydrogens is 226 g/mol. The highest BCUT2D eigenvalue weighted by Gasteiger charge is 2.27. The standard InChI is InChI=1S/C14H27N3O/c1-11(13-5-3-4-6-13)16-14(18)12(2)17-9-7-15-8-10-17/h11-13,15H,3-10H2,1-2H3,(H,16,18). The molecule has 2 aliphatic rings. The second-order valence-corrected chi connectivity index (χ2v) is 5.80. The highest BCUT2D eigenvalue weighted by Crippen LogP contribution is 2.27. The normalized spacial score (nSPS) is 25.9. The highest BCUT2D eigenvalue weighted by molar-refractivity contribution is 5.81. The first-order valence-corrected chi connectivity index (χ1v) is 7.43. The van der Waals surface area contributed by atoms with Gasteiger partial charge in [0.15, 0.2) is 0 Å². The van der Waals surface area contributed by atoms with Crippen LogP contribution in [0.15, 0.2) is 0 Å². The fourth-order valence-corrected chi connectivity index (χ4v) is 3.16. The molecule has 1 saturated heterocycles. The maximum atomic E-state index is 12.2. The Labute approximate surface area is 110 Å². The Hall–Kier alpha value is -0.610. The number of carbonyl (C=O) groups excluding carboxylic acids is 1. The number of piperazine rings is 1. The zero-order valence-electron chi connectivity index (χ0n) is 11.7. The number of hydrogen-bond acceptors (Lipinski definition) is 3. The van der Waals surface area contributed by atoms with E-state index in [4.69, 9.17) is 0 Å². The van der Waals surface area contributed by atoms with Crippen molar-refractivity contribution in [3.8, 4) is 0 Å². The molecule has 2 unspecified atom stereocenters. The third-order valence-electron chi connectivity index (χ3n) is 4.56. The summed E-state index contributed by atoms with van der Waals surface area (Å²) in [4.78, 5) is 14.5. The van der Waals surface area contributed by atoms with Crippen LogP contribution in [0.5, 0.6) is 0 Å². The second-order valence-electron chi connectivity index (χ2n) is 5.80. The van der Waals surface area contributed by atoms with Gasteiger partial charge in [-0.3, -0.25) is 9.69 Å². The van der Waals surface area contributed by atoms with Gasteiger partial charge in [0.05, 0.1) is 6.04 Å². The Kier molecular flexibility index (Phi) is 5.01. The van der Waals surface area contributed by atoms with Crippen LogP contribution < -0.4 is 10.6 Å². The van der Waals surface area contributed by atoms with E-state index in [9.17, 15) is 4.79 Å². The highest BCUT2D eigenvalue weighted by atomic mass is 16.2. The summed E-state index contributed by atoms with van der Waals surface area (Å²) < 4.78 is 0. The summed E-state index contributed by atoms with van der Waals surface area (Å²) in [5.74, 6) is 0.903. The maximum Gasteiger partial charge on any atom is 0.237 e. The second kappa shape index (κ2) is 6.53. The molecule has 2 N–H and O–H groups in total. The lowest BCUT2D eigenvalue weighted by Crippen LogP contribution is -2.54. The van der Waals surface area contributed by atoms with Gasteiger partial charge in [0, 0.05) is 32.2 Å². The Morgan fingerprint density at radius 3 is 2.44 bits per heavy atom. The van der Waals surface area contributed by atoms with Gasteiger partial charge in [0.1, 0.15) is 0 Å². The van der Waals surface area contributed by atoms with Gasteiger partial charge in [0.2, 0.25) is 5.91 Å². The monoisotopic (exact) mass is 253 g/mol. The molecule has 0 aromatic heterocycles. The summed E-state index contributed by atoms with van der Waals surface area (Å²) >= 11 is 0. The SMILES string of the molecule is CC(NC(=O)C(C)N1CCNCC1)C1CCCC1. The predicted molar refractivity (Wildman–Crippen MR) is 73.5 cm³/mol. The molecule has 1 heterocycles. The minimum absolute atomic E-state index is 0.0101. The summed E-state index contributed by atoms with van der Waals surface area (Å²) in [5.41, 5.74) is 0. The van der Waals surface area contributed by atoms with Gasteiger partial charge in [-0.2, -0.15) is 0 Å². The lowest BCUT2D eigenvalue weighted by molar-refractivity contribution is -0.127. The van der Waals surface area contributed by atoms with E-state index in [0.717, 1.165) is 26.2 Å². The van der Waals surface area contributed by atoms with E-state index in [1.165, 1.54) is 25.7 Å². The third kappa shape index (κ3) is 3.45. The quantitative estimate of drug-likeness (QED) is 0.785. The molecule has 0 spiro atoms. The first-order chi connectivity index (χ1) is 8.68. The maximum absolute atomic E-state index is 12.2. The topological polar surface area (TPSA) is 44.4 Å². The Morgan fingerprint density at radius 1 is 1.22 bits per heavy atom. The third-order valence-corrected chi connectivity index (χ3v) is 4.56. The van der Waals surface area contributed by atoms with E-state index >= 15 is 0 Å². The number of amides is 1. The van der Waals surface area contributed by atoms with E-state index < -0.39 is 0 Å². The summed E-state index contributed by atoms with van der Waals surface area (Å²) in [7, 11) is 0. The van der Waals surface area contributed by atoms with Crippen LogP contribution in [0, 0.1) is 5.92 Å². The number of rotatable bonds is 4. The molecule has 1 saturated carbocycles. The van der Waals surface area contributed by atoms with Crippen molar-refractivity contribution in [3.05, 3.63) is 0 Å². The molecule has 4 nitrogen and oxygen atoms in total. The van der Waals surface area contributed by atoms with Crippen molar-refractivity contribution in [1.82, 2.24) is 15.5 Å². The van der Waals surface area contributed by atoms with Crippen molar-refractivity contribution >= 4 is 5.91 Å². The average Bonchev–Trinajstić information content (AvgIpc) is 2.92. The van der Waals surface area contributed by atoms with Crippen molar-refractivity contribution in [2.75, 3.05) is 26.2 Å². The van der Waals surface area contributed by atoms with Crippen LogP contribution in [-0.4, -0.2) is 49.1 Å². The average molecular weight is 253 g/mol. The van der Waals surface area contributed by atoms with Gasteiger partial charge in [-0.1, -0.05) is 12.8 Å². The van der Waals surface area contributed by atoms with Gasteiger partial charge in [-0.25, -0.2) is 0 Å². The van der Waals surface area contributed by atoms with Crippen LogP contribution in [0.2, 0.25) is 0 Å². The molecule has 2 fully saturated rings. The fraction of sp³-hybridized carbons (Fsp3) is 0.929. The van der Waals surface area contributed by atoms with Crippen molar-refractivity contribution < 1.29 is 4.79 Å². The molecule has 1 aliphatic carbocycles. The van der Waals surface area contributed by atoms with Crippen LogP contribution in [-0.2, 0) is 4.79 Å². The fourth-order valence-electron chi connectivity index (χ4n) is 3.16. The predicted octanol–water partition coefficient (Wildman–Crippen LogP) is 0.975. The zero-order chi connectivity index (χ0) is 13.0. The lowest BCUT2D eigenvalue weighted by atomic mass is 9.99. The van der Waals surface area contributed by atoms with Crippen LogP contribution >= 0.6 is 0 Å². The van der Waals surface area contributed by atoms with E-state index in [0.29, 0.717) is 12.0 Å². The van der Waals surface area contributed by atoms with Gasteiger partial charge in [-0.05, 0) is 32.6 Å². The molecule has 104 valence electrons. The summed E-state index contributed by atoms with van der Waals surface area (Å²) in [6.07, 6.45) is 5.23. The van der Waals surface area contributed by atoms with Crippen molar-refractivity contribution in [2.24, 2.45) is 5.92 Å². The smallest absolute Gasteiger partial charge is 0.237 e. The molecule has 0 radical (unpaired) electrons. The van der Waals surface area contributed by atoms with E-state index in [-0.39, 0.29) is 11.9 Å². The molecule has 0 aromatic rings. The van der Waals surface area contributed by atoms with Crippen LogP contribution in [0.4, 0.5) is 0 Å². The molecule has 1 aliphatic heterocycles. The zero-order valence-corrected chi connectivity index (χ0v) is 11.7. The van der Waals surface area contributed by atoms with E-state index in [2.05, 4.69) is 22.5 Å². The van der Waals surface area contributed by atoms with Crippen LogP contribution in [0.25, 0.3) is 0 Å². The molecule has 0 aromatic carbocycles. The van der Waals surface area contributed by atoms with Crippen molar-refractivity contribution in [1.29, 1.82) is 0 Å². The van der Waals surface area contributed by atoms with Gasteiger partial charge >= 0.3 is 0 Å². The summed E-state index contributed by atoms with van der Waals surface area (Å²) in [6.45, 7) is 8.14. The molecule has 0 bridgehead atoms. The Bertz CT molecular complexity index is 270. The Balaban J connectivity index is 1.78. The number of nitrogens with zero attached hydrogens (tertiary/aromatic N) is 1. The molecular formula is C14H27N3O. The van der Waals surface area contributed by atoms with E-state index in [1.807, 2.05) is 6.92 Å². The first-order valence-electron chi connectivity index (χ1n) is 7.43. The Morgan fingerprint density at radius 2 is 1.83 bits per heavy atom. The summed E-state index contributed by atoms with van der Waals surface area (Å²) in [5, 5.41) is 6.54. The minimum Gasteiger partial charge on any atom is -0.352 e. The molecule has 2 atom stereocenters. The van der Waals surface area contributed by atoms with Crippen molar-refractivity contribution in [3.63, 3.8) is 0 Å². The van der Waals surface area contributed by atoms with Crippen LogP contribution in [0.1, 0.15) is 39.5 Å². The summed E-state index contributed by atoms with van der Waals surface area (Å²) in [6, 6.07) is 0.348. The van der Waals surface area contributed by atoms with Gasteiger partial charge < -0.3 is 10.6 Å². The van der Waals surface area contributed by atoms with Crippen molar-refractivity contribution in [2.45, 2.75) is 51.6 Å². The van der Waals surface area contributed by atoms with Crippen LogP contribution in [0.3, 0.4) is 0 Å². The number of hydrogen-bond donors (Lipinski definition) is 2. The molecule has 4 heteroatoms. The molecule has 1 amide bonds. The van der Waals surface area contributed by atoms with Gasteiger partial charge in [0.25, 0.3) is 0 Å². The minimum atomic E-state index is 0.0101. The van der Waals surface area contributed by atoms with E-state index in [1.54, 1.807) is 0 Å². The van der Waals surface area contributed by atoms with Gasteiger partial charge in [-0.15, -0.1) is 0 Å². The molecule has 18 heavy (non-hydrogen) atoms. The largest absolute Gasteiger partial charge is 0.352 e. The lowest BCUT2D eigenvalue weighted by Gasteiger charge is -2.33. The number of nitrogens with one attached hydrogen (secondary N) is 2. The first kappa shape index (κ1) is 13.8. The number of carbonyl (C=O) groups is 1. The molecule has 2 rings (SSSR count).